The molecular weight excluding hydrogens is 420 g/mol. The van der Waals surface area contributed by atoms with Crippen molar-refractivity contribution < 1.29 is 9.90 Å². The predicted molar refractivity (Wildman–Crippen MR) is 128 cm³/mol. The molecule has 1 unspecified atom stereocenters. The van der Waals surface area contributed by atoms with Gasteiger partial charge < -0.3 is 5.11 Å². The Labute approximate surface area is 194 Å². The Balaban J connectivity index is 1.85. The van der Waals surface area contributed by atoms with Crippen LogP contribution in [0, 0.1) is 5.92 Å². The van der Waals surface area contributed by atoms with E-state index in [0.717, 1.165) is 34.0 Å². The molecule has 8 nitrogen and oxygen atoms in total. The van der Waals surface area contributed by atoms with E-state index in [0.29, 0.717) is 18.1 Å². The summed E-state index contributed by atoms with van der Waals surface area (Å²) in [5, 5.41) is 16.5. The highest BCUT2D eigenvalue weighted by Gasteiger charge is 2.35. The second kappa shape index (κ2) is 10.6. The van der Waals surface area contributed by atoms with E-state index in [2.05, 4.69) is 18.9 Å². The summed E-state index contributed by atoms with van der Waals surface area (Å²) in [7, 11) is 2.76. The molecule has 0 radical (unpaired) electrons. The van der Waals surface area contributed by atoms with E-state index in [1.54, 1.807) is 0 Å². The van der Waals surface area contributed by atoms with Gasteiger partial charge >= 0.3 is 5.69 Å². The first-order valence-electron chi connectivity index (χ1n) is 11.7. The number of hydrazone groups is 1. The van der Waals surface area contributed by atoms with Gasteiger partial charge in [-0.1, -0.05) is 69.9 Å². The van der Waals surface area contributed by atoms with Crippen LogP contribution < -0.4 is 11.2 Å². The maximum absolute atomic E-state index is 13.1. The SMILES string of the molecule is CC(C)CCCCCCC(=O)N1N=C(c2c(O)n(C)c(=O)n(C)c2=O)CC1c1ccccc1. The lowest BCUT2D eigenvalue weighted by atomic mass is 9.99. The molecule has 0 spiro atoms. The van der Waals surface area contributed by atoms with Crippen molar-refractivity contribution in [2.24, 2.45) is 25.1 Å². The van der Waals surface area contributed by atoms with Gasteiger partial charge in [0.05, 0.1) is 11.8 Å². The lowest BCUT2D eigenvalue weighted by Crippen LogP contribution is -2.39. The van der Waals surface area contributed by atoms with E-state index < -0.39 is 17.1 Å². The molecule has 3 rings (SSSR count). The average molecular weight is 455 g/mol. The molecule has 1 atom stereocenters. The molecule has 0 saturated carbocycles. The van der Waals surface area contributed by atoms with Gasteiger partial charge in [-0.2, -0.15) is 5.10 Å². The summed E-state index contributed by atoms with van der Waals surface area (Å²) >= 11 is 0. The fourth-order valence-electron chi connectivity index (χ4n) is 4.21. The van der Waals surface area contributed by atoms with Gasteiger partial charge in [0.2, 0.25) is 11.8 Å². The third kappa shape index (κ3) is 5.43. The number of aromatic hydroxyl groups is 1. The number of benzene rings is 1. The van der Waals surface area contributed by atoms with Crippen molar-refractivity contribution in [3.8, 4) is 5.88 Å². The van der Waals surface area contributed by atoms with Crippen LogP contribution in [-0.4, -0.2) is 30.9 Å². The Morgan fingerprint density at radius 1 is 1.06 bits per heavy atom. The Morgan fingerprint density at radius 2 is 1.73 bits per heavy atom. The number of carbonyl (C=O) groups excluding carboxylic acids is 1. The average Bonchev–Trinajstić information content (AvgIpc) is 3.24. The Morgan fingerprint density at radius 3 is 2.39 bits per heavy atom. The standard InChI is InChI=1S/C25H34N4O4/c1-17(2)12-8-5-6-11-15-21(30)29-20(18-13-9-7-10-14-18)16-19(26-29)22-23(31)27(3)25(33)28(4)24(22)32/h7,9-10,13-14,17,20,31H,5-6,8,11-12,15-16H2,1-4H3. The molecule has 0 bridgehead atoms. The zero-order valence-electron chi connectivity index (χ0n) is 20.0. The van der Waals surface area contributed by atoms with Crippen LogP contribution in [0.2, 0.25) is 0 Å². The van der Waals surface area contributed by atoms with Gasteiger partial charge in [0.25, 0.3) is 5.56 Å². The molecule has 1 aromatic carbocycles. The van der Waals surface area contributed by atoms with Crippen molar-refractivity contribution in [3.05, 3.63) is 62.3 Å². The molecule has 0 aliphatic carbocycles. The fraction of sp³-hybridized carbons (Fsp3) is 0.520. The first-order valence-corrected chi connectivity index (χ1v) is 11.7. The van der Waals surface area contributed by atoms with E-state index >= 15 is 0 Å². The first-order chi connectivity index (χ1) is 15.7. The van der Waals surface area contributed by atoms with Crippen LogP contribution in [0.25, 0.3) is 0 Å². The minimum Gasteiger partial charge on any atom is -0.494 e. The van der Waals surface area contributed by atoms with Gasteiger partial charge in [-0.15, -0.1) is 0 Å². The van der Waals surface area contributed by atoms with Crippen molar-refractivity contribution in [3.63, 3.8) is 0 Å². The summed E-state index contributed by atoms with van der Waals surface area (Å²) in [5.74, 6) is 0.147. The Kier molecular flexibility index (Phi) is 7.89. The summed E-state index contributed by atoms with van der Waals surface area (Å²) in [4.78, 5) is 38.0. The third-order valence-corrected chi connectivity index (χ3v) is 6.19. The number of rotatable bonds is 9. The number of unbranched alkanes of at least 4 members (excludes halogenated alkanes) is 3. The smallest absolute Gasteiger partial charge is 0.333 e. The zero-order valence-corrected chi connectivity index (χ0v) is 20.0. The van der Waals surface area contributed by atoms with Crippen LogP contribution in [0.5, 0.6) is 5.88 Å². The van der Waals surface area contributed by atoms with Crippen LogP contribution in [0.4, 0.5) is 0 Å². The Bertz CT molecular complexity index is 1130. The van der Waals surface area contributed by atoms with Crippen LogP contribution in [0.3, 0.4) is 0 Å². The van der Waals surface area contributed by atoms with Crippen molar-refractivity contribution in [1.82, 2.24) is 14.1 Å². The number of aromatic nitrogens is 2. The molecule has 0 saturated heterocycles. The van der Waals surface area contributed by atoms with E-state index in [-0.39, 0.29) is 23.9 Å². The van der Waals surface area contributed by atoms with Crippen molar-refractivity contribution >= 4 is 11.6 Å². The quantitative estimate of drug-likeness (QED) is 0.587. The monoisotopic (exact) mass is 454 g/mol. The lowest BCUT2D eigenvalue weighted by Gasteiger charge is -2.22. The van der Waals surface area contributed by atoms with Gasteiger partial charge in [0.15, 0.2) is 0 Å². The van der Waals surface area contributed by atoms with Gasteiger partial charge in [-0.05, 0) is 17.9 Å². The molecule has 33 heavy (non-hydrogen) atoms. The second-order valence-electron chi connectivity index (χ2n) is 9.17. The maximum Gasteiger partial charge on any atom is 0.333 e. The van der Waals surface area contributed by atoms with Crippen LogP contribution in [0.15, 0.2) is 45.0 Å². The molecule has 0 fully saturated rings. The molecule has 2 aromatic rings. The Hall–Kier alpha value is -3.16. The van der Waals surface area contributed by atoms with Gasteiger partial charge in [0, 0.05) is 26.9 Å². The van der Waals surface area contributed by atoms with Gasteiger partial charge in [0.1, 0.15) is 5.56 Å². The van der Waals surface area contributed by atoms with Crippen molar-refractivity contribution in [2.75, 3.05) is 0 Å². The van der Waals surface area contributed by atoms with E-state index in [1.807, 2.05) is 30.3 Å². The van der Waals surface area contributed by atoms with Crippen molar-refractivity contribution in [2.45, 2.75) is 64.8 Å². The van der Waals surface area contributed by atoms with Crippen molar-refractivity contribution in [1.29, 1.82) is 0 Å². The van der Waals surface area contributed by atoms with E-state index in [4.69, 9.17) is 0 Å². The molecule has 1 aromatic heterocycles. The summed E-state index contributed by atoms with van der Waals surface area (Å²) in [5.41, 5.74) is -0.0690. The number of nitrogens with zero attached hydrogens (tertiary/aromatic N) is 4. The van der Waals surface area contributed by atoms with E-state index in [1.165, 1.54) is 31.9 Å². The lowest BCUT2D eigenvalue weighted by molar-refractivity contribution is -0.133. The predicted octanol–water partition coefficient (Wildman–Crippen LogP) is 3.46. The number of carbonyl (C=O) groups is 1. The number of amides is 1. The van der Waals surface area contributed by atoms with Crippen LogP contribution >= 0.6 is 0 Å². The maximum atomic E-state index is 13.1. The topological polar surface area (TPSA) is 96.9 Å². The molecule has 1 aliphatic rings. The summed E-state index contributed by atoms with van der Waals surface area (Å²) in [6.45, 7) is 4.43. The molecule has 1 amide bonds. The number of hydrogen-bond acceptors (Lipinski definition) is 5. The highest BCUT2D eigenvalue weighted by atomic mass is 16.3. The fourth-order valence-corrected chi connectivity index (χ4v) is 4.21. The summed E-state index contributed by atoms with van der Waals surface area (Å²) in [6.07, 6.45) is 5.89. The molecular formula is C25H34N4O4. The normalized spacial score (nSPS) is 15.8. The molecule has 1 aliphatic heterocycles. The van der Waals surface area contributed by atoms with E-state index in [9.17, 15) is 19.5 Å². The van der Waals surface area contributed by atoms with Crippen LogP contribution in [-0.2, 0) is 18.9 Å². The molecule has 2 heterocycles. The van der Waals surface area contributed by atoms with Gasteiger partial charge in [-0.3, -0.25) is 18.7 Å². The second-order valence-corrected chi connectivity index (χ2v) is 9.17. The van der Waals surface area contributed by atoms with Crippen LogP contribution in [0.1, 0.15) is 76.0 Å². The molecule has 1 N–H and O–H groups in total. The zero-order chi connectivity index (χ0) is 24.1. The number of hydrogen-bond donors (Lipinski definition) is 1. The molecule has 8 heteroatoms. The minimum atomic E-state index is -0.624. The molecule has 178 valence electrons. The summed E-state index contributed by atoms with van der Waals surface area (Å²) < 4.78 is 1.95. The summed E-state index contributed by atoms with van der Waals surface area (Å²) in [6, 6.07) is 9.18. The largest absolute Gasteiger partial charge is 0.494 e. The first kappa shape index (κ1) is 24.5. The highest BCUT2D eigenvalue weighted by molar-refractivity contribution is 6.04. The van der Waals surface area contributed by atoms with Gasteiger partial charge in [-0.25, -0.2) is 9.80 Å². The third-order valence-electron chi connectivity index (χ3n) is 6.19. The minimum absolute atomic E-state index is 0.0375. The highest BCUT2D eigenvalue weighted by Crippen LogP contribution is 2.34.